The highest BCUT2D eigenvalue weighted by molar-refractivity contribution is 5.88. The first-order valence-electron chi connectivity index (χ1n) is 5.11. The van der Waals surface area contributed by atoms with Crippen LogP contribution in [0.15, 0.2) is 30.5 Å². The summed E-state index contributed by atoms with van der Waals surface area (Å²) in [6.45, 7) is 2.09. The zero-order valence-corrected chi connectivity index (χ0v) is 9.29. The van der Waals surface area contributed by atoms with Crippen molar-refractivity contribution in [1.29, 1.82) is 0 Å². The van der Waals surface area contributed by atoms with Gasteiger partial charge in [-0.2, -0.15) is 5.10 Å². The fourth-order valence-electron chi connectivity index (χ4n) is 1.65. The number of aromatic carboxylic acids is 1. The Morgan fingerprint density at radius 2 is 2.24 bits per heavy atom. The smallest absolute Gasteiger partial charge is 0.339 e. The zero-order valence-electron chi connectivity index (χ0n) is 9.29. The Kier molecular flexibility index (Phi) is 2.82. The minimum absolute atomic E-state index is 0.185. The van der Waals surface area contributed by atoms with Crippen molar-refractivity contribution < 1.29 is 15.0 Å². The molecule has 0 fully saturated rings. The van der Waals surface area contributed by atoms with Crippen LogP contribution < -0.4 is 0 Å². The van der Waals surface area contributed by atoms with Crippen molar-refractivity contribution in [3.8, 4) is 5.75 Å². The third kappa shape index (κ3) is 2.44. The van der Waals surface area contributed by atoms with Crippen LogP contribution in [0.1, 0.15) is 21.6 Å². The van der Waals surface area contributed by atoms with Crippen molar-refractivity contribution in [3.63, 3.8) is 0 Å². The molecule has 17 heavy (non-hydrogen) atoms. The Bertz CT molecular complexity index is 561. The molecule has 0 aliphatic rings. The SMILES string of the molecule is Cc1nn(Cc2cccc(O)c2)cc1C(=O)O. The van der Waals surface area contributed by atoms with Crippen LogP contribution in [0.3, 0.4) is 0 Å². The molecule has 0 amide bonds. The van der Waals surface area contributed by atoms with E-state index in [1.165, 1.54) is 6.20 Å². The van der Waals surface area contributed by atoms with Gasteiger partial charge in [0.25, 0.3) is 0 Å². The molecule has 2 rings (SSSR count). The van der Waals surface area contributed by atoms with Gasteiger partial charge >= 0.3 is 5.97 Å². The maximum absolute atomic E-state index is 10.8. The molecule has 0 saturated carbocycles. The minimum atomic E-state index is -0.982. The summed E-state index contributed by atoms with van der Waals surface area (Å²) in [6, 6.07) is 6.79. The summed E-state index contributed by atoms with van der Waals surface area (Å²) in [5.74, 6) is -0.797. The van der Waals surface area contributed by atoms with Crippen LogP contribution >= 0.6 is 0 Å². The molecule has 0 aliphatic carbocycles. The molecule has 0 saturated heterocycles. The van der Waals surface area contributed by atoms with Crippen molar-refractivity contribution >= 4 is 5.97 Å². The number of carboxylic acid groups (broad SMARTS) is 1. The van der Waals surface area contributed by atoms with Crippen molar-refractivity contribution in [2.75, 3.05) is 0 Å². The number of benzene rings is 1. The van der Waals surface area contributed by atoms with E-state index in [-0.39, 0.29) is 11.3 Å². The standard InChI is InChI=1S/C12H12N2O3/c1-8-11(12(16)17)7-14(13-8)6-9-3-2-4-10(15)5-9/h2-5,7,15H,6H2,1H3,(H,16,17). The molecule has 2 aromatic rings. The summed E-state index contributed by atoms with van der Waals surface area (Å²) in [7, 11) is 0. The number of rotatable bonds is 3. The van der Waals surface area contributed by atoms with Gasteiger partial charge in [-0.05, 0) is 24.6 Å². The van der Waals surface area contributed by atoms with Gasteiger partial charge in [0.1, 0.15) is 11.3 Å². The minimum Gasteiger partial charge on any atom is -0.508 e. The van der Waals surface area contributed by atoms with Crippen LogP contribution in [0.25, 0.3) is 0 Å². The highest BCUT2D eigenvalue weighted by Crippen LogP contribution is 2.13. The molecule has 0 spiro atoms. The average Bonchev–Trinajstić information content (AvgIpc) is 2.59. The van der Waals surface area contributed by atoms with Crippen LogP contribution in [0.5, 0.6) is 5.75 Å². The summed E-state index contributed by atoms with van der Waals surface area (Å²) in [5.41, 5.74) is 1.55. The number of hydrogen-bond donors (Lipinski definition) is 2. The third-order valence-electron chi connectivity index (χ3n) is 2.43. The van der Waals surface area contributed by atoms with Gasteiger partial charge in [0, 0.05) is 6.20 Å². The summed E-state index contributed by atoms with van der Waals surface area (Å²) >= 11 is 0. The lowest BCUT2D eigenvalue weighted by Gasteiger charge is -2.01. The molecule has 0 atom stereocenters. The molecule has 2 N–H and O–H groups in total. The largest absolute Gasteiger partial charge is 0.508 e. The van der Waals surface area contributed by atoms with Crippen molar-refractivity contribution in [2.45, 2.75) is 13.5 Å². The highest BCUT2D eigenvalue weighted by Gasteiger charge is 2.11. The first-order valence-corrected chi connectivity index (χ1v) is 5.11. The summed E-state index contributed by atoms with van der Waals surface area (Å²) in [6.07, 6.45) is 1.49. The molecule has 0 aliphatic heterocycles. The molecular formula is C12H12N2O3. The van der Waals surface area contributed by atoms with Gasteiger partial charge in [-0.25, -0.2) is 4.79 Å². The molecule has 88 valence electrons. The number of carbonyl (C=O) groups is 1. The number of aromatic hydroxyl groups is 1. The van der Waals surface area contributed by atoms with E-state index in [2.05, 4.69) is 5.10 Å². The molecule has 1 aromatic heterocycles. The molecule has 5 nitrogen and oxygen atoms in total. The Morgan fingerprint density at radius 1 is 1.47 bits per heavy atom. The Labute approximate surface area is 97.9 Å². The van der Waals surface area contributed by atoms with Gasteiger partial charge in [0.05, 0.1) is 12.2 Å². The number of aromatic nitrogens is 2. The average molecular weight is 232 g/mol. The quantitative estimate of drug-likeness (QED) is 0.843. The zero-order chi connectivity index (χ0) is 12.4. The predicted octanol–water partition coefficient (Wildman–Crippen LogP) is 1.64. The van der Waals surface area contributed by atoms with E-state index < -0.39 is 5.97 Å². The van der Waals surface area contributed by atoms with Crippen LogP contribution in [-0.2, 0) is 6.54 Å². The van der Waals surface area contributed by atoms with Crippen molar-refractivity contribution in [2.24, 2.45) is 0 Å². The van der Waals surface area contributed by atoms with Gasteiger partial charge < -0.3 is 10.2 Å². The third-order valence-corrected chi connectivity index (χ3v) is 2.43. The lowest BCUT2D eigenvalue weighted by molar-refractivity contribution is 0.0696. The first-order chi connectivity index (χ1) is 8.06. The number of carboxylic acids is 1. The Hall–Kier alpha value is -2.30. The molecular weight excluding hydrogens is 220 g/mol. The van der Waals surface area contributed by atoms with Crippen LogP contribution in [0.2, 0.25) is 0 Å². The molecule has 1 heterocycles. The number of phenolic OH excluding ortho intramolecular Hbond substituents is 1. The monoisotopic (exact) mass is 232 g/mol. The predicted molar refractivity (Wildman–Crippen MR) is 61.1 cm³/mol. The van der Waals surface area contributed by atoms with E-state index in [1.54, 1.807) is 29.8 Å². The second-order valence-corrected chi connectivity index (χ2v) is 3.80. The lowest BCUT2D eigenvalue weighted by atomic mass is 10.2. The van der Waals surface area contributed by atoms with Gasteiger partial charge in [0.2, 0.25) is 0 Å². The lowest BCUT2D eigenvalue weighted by Crippen LogP contribution is -2.00. The van der Waals surface area contributed by atoms with E-state index in [0.717, 1.165) is 5.56 Å². The van der Waals surface area contributed by atoms with Crippen LogP contribution in [0.4, 0.5) is 0 Å². The fourth-order valence-corrected chi connectivity index (χ4v) is 1.65. The second-order valence-electron chi connectivity index (χ2n) is 3.80. The number of phenols is 1. The van der Waals surface area contributed by atoms with E-state index >= 15 is 0 Å². The Balaban J connectivity index is 2.25. The molecule has 0 radical (unpaired) electrons. The molecule has 0 bridgehead atoms. The second kappa shape index (κ2) is 4.29. The van der Waals surface area contributed by atoms with E-state index in [4.69, 9.17) is 5.11 Å². The topological polar surface area (TPSA) is 75.3 Å². The van der Waals surface area contributed by atoms with Gasteiger partial charge in [-0.3, -0.25) is 4.68 Å². The maximum Gasteiger partial charge on any atom is 0.339 e. The summed E-state index contributed by atoms with van der Waals surface area (Å²) < 4.78 is 1.55. The highest BCUT2D eigenvalue weighted by atomic mass is 16.4. The van der Waals surface area contributed by atoms with E-state index in [1.807, 2.05) is 6.07 Å². The number of nitrogens with zero attached hydrogens (tertiary/aromatic N) is 2. The first kappa shape index (κ1) is 11.2. The molecule has 1 aromatic carbocycles. The van der Waals surface area contributed by atoms with Gasteiger partial charge in [0.15, 0.2) is 0 Å². The van der Waals surface area contributed by atoms with Crippen LogP contribution in [-0.4, -0.2) is 26.0 Å². The number of hydrogen-bond acceptors (Lipinski definition) is 3. The van der Waals surface area contributed by atoms with Crippen molar-refractivity contribution in [1.82, 2.24) is 9.78 Å². The summed E-state index contributed by atoms with van der Waals surface area (Å²) in [4.78, 5) is 10.8. The van der Waals surface area contributed by atoms with Gasteiger partial charge in [-0.1, -0.05) is 12.1 Å². The molecule has 5 heteroatoms. The summed E-state index contributed by atoms with van der Waals surface area (Å²) in [5, 5.41) is 22.3. The molecule has 0 unspecified atom stereocenters. The van der Waals surface area contributed by atoms with Crippen molar-refractivity contribution in [3.05, 3.63) is 47.3 Å². The van der Waals surface area contributed by atoms with E-state index in [0.29, 0.717) is 12.2 Å². The van der Waals surface area contributed by atoms with Crippen LogP contribution in [0, 0.1) is 6.92 Å². The number of aryl methyl sites for hydroxylation is 1. The normalized spacial score (nSPS) is 10.4. The maximum atomic E-state index is 10.8. The van der Waals surface area contributed by atoms with Gasteiger partial charge in [-0.15, -0.1) is 0 Å². The van der Waals surface area contributed by atoms with E-state index in [9.17, 15) is 9.90 Å². The fraction of sp³-hybridized carbons (Fsp3) is 0.167. The Morgan fingerprint density at radius 3 is 2.82 bits per heavy atom.